The maximum Gasteiger partial charge on any atom is 0.339 e. The molecule has 1 aromatic carbocycles. The maximum absolute atomic E-state index is 12.5. The van der Waals surface area contributed by atoms with Gasteiger partial charge in [-0.15, -0.1) is 0 Å². The third kappa shape index (κ3) is 5.06. The first kappa shape index (κ1) is 18.9. The van der Waals surface area contributed by atoms with Crippen molar-refractivity contribution < 1.29 is 14.3 Å². The molecule has 0 aliphatic heterocycles. The van der Waals surface area contributed by atoms with Gasteiger partial charge in [0.05, 0.1) is 30.2 Å². The standard InChI is InChI=1S/C21H25N3O3/c1-27-21(26)17-10-6-7-11-18(17)24-20(25)19-13-12-16(14-22-19)23-15-8-4-2-3-5-9-15/h6-7,10-15,23H,2-5,8-9H2,1H3,(H,24,25). The van der Waals surface area contributed by atoms with E-state index in [1.807, 2.05) is 6.07 Å². The lowest BCUT2D eigenvalue weighted by Gasteiger charge is -2.17. The number of hydrogen-bond acceptors (Lipinski definition) is 5. The average Bonchev–Trinajstić information content (AvgIpc) is 2.97. The van der Waals surface area contributed by atoms with E-state index in [1.165, 1.54) is 45.6 Å². The smallest absolute Gasteiger partial charge is 0.339 e. The molecule has 27 heavy (non-hydrogen) atoms. The van der Waals surface area contributed by atoms with Crippen molar-refractivity contribution in [2.45, 2.75) is 44.6 Å². The van der Waals surface area contributed by atoms with Crippen LogP contribution in [0.3, 0.4) is 0 Å². The molecule has 1 amide bonds. The minimum atomic E-state index is -0.498. The number of anilines is 2. The molecule has 6 heteroatoms. The molecule has 0 unspecified atom stereocenters. The lowest BCUT2D eigenvalue weighted by molar-refractivity contribution is 0.0602. The van der Waals surface area contributed by atoms with Gasteiger partial charge in [0.15, 0.2) is 0 Å². The van der Waals surface area contributed by atoms with Crippen LogP contribution in [0, 0.1) is 0 Å². The first-order valence-electron chi connectivity index (χ1n) is 9.38. The Morgan fingerprint density at radius 2 is 1.78 bits per heavy atom. The molecule has 1 saturated carbocycles. The van der Waals surface area contributed by atoms with Crippen LogP contribution in [0.2, 0.25) is 0 Å². The molecule has 0 atom stereocenters. The number of carbonyl (C=O) groups is 2. The van der Waals surface area contributed by atoms with Crippen molar-refractivity contribution in [2.24, 2.45) is 0 Å². The van der Waals surface area contributed by atoms with E-state index in [9.17, 15) is 9.59 Å². The van der Waals surface area contributed by atoms with Gasteiger partial charge in [0.25, 0.3) is 5.91 Å². The van der Waals surface area contributed by atoms with E-state index in [-0.39, 0.29) is 5.91 Å². The predicted octanol–water partition coefficient (Wildman–Crippen LogP) is 4.26. The van der Waals surface area contributed by atoms with E-state index in [2.05, 4.69) is 15.6 Å². The fourth-order valence-corrected chi connectivity index (χ4v) is 3.34. The molecule has 0 radical (unpaired) electrons. The summed E-state index contributed by atoms with van der Waals surface area (Å²) in [5.41, 5.74) is 1.92. The Labute approximate surface area is 159 Å². The highest BCUT2D eigenvalue weighted by Crippen LogP contribution is 2.21. The van der Waals surface area contributed by atoms with Crippen LogP contribution in [-0.4, -0.2) is 30.0 Å². The quantitative estimate of drug-likeness (QED) is 0.610. The first-order chi connectivity index (χ1) is 13.2. The van der Waals surface area contributed by atoms with Crippen LogP contribution in [-0.2, 0) is 4.74 Å². The molecule has 1 fully saturated rings. The summed E-state index contributed by atoms with van der Waals surface area (Å²) in [6, 6.07) is 10.8. The van der Waals surface area contributed by atoms with Gasteiger partial charge < -0.3 is 15.4 Å². The minimum Gasteiger partial charge on any atom is -0.465 e. The first-order valence-corrected chi connectivity index (χ1v) is 9.38. The number of para-hydroxylation sites is 1. The van der Waals surface area contributed by atoms with E-state index in [4.69, 9.17) is 4.74 Å². The average molecular weight is 367 g/mol. The molecule has 1 heterocycles. The Hall–Kier alpha value is -2.89. The zero-order valence-electron chi connectivity index (χ0n) is 15.5. The molecule has 1 aliphatic rings. The van der Waals surface area contributed by atoms with Crippen LogP contribution in [0.5, 0.6) is 0 Å². The predicted molar refractivity (Wildman–Crippen MR) is 105 cm³/mol. The van der Waals surface area contributed by atoms with Crippen molar-refractivity contribution in [1.82, 2.24) is 4.98 Å². The SMILES string of the molecule is COC(=O)c1ccccc1NC(=O)c1ccc(NC2CCCCCC2)cn1. The fourth-order valence-electron chi connectivity index (χ4n) is 3.34. The van der Waals surface area contributed by atoms with Gasteiger partial charge in [-0.2, -0.15) is 0 Å². The Morgan fingerprint density at radius 1 is 1.04 bits per heavy atom. The Bertz CT molecular complexity index is 782. The second-order valence-corrected chi connectivity index (χ2v) is 6.76. The third-order valence-corrected chi connectivity index (χ3v) is 4.80. The van der Waals surface area contributed by atoms with Gasteiger partial charge in [-0.05, 0) is 37.1 Å². The van der Waals surface area contributed by atoms with Crippen LogP contribution in [0.25, 0.3) is 0 Å². The molecular formula is C21H25N3O3. The van der Waals surface area contributed by atoms with Crippen molar-refractivity contribution in [3.05, 3.63) is 53.9 Å². The normalized spacial score (nSPS) is 14.9. The molecule has 0 saturated heterocycles. The number of nitrogens with one attached hydrogen (secondary N) is 2. The van der Waals surface area contributed by atoms with Crippen LogP contribution in [0.1, 0.15) is 59.4 Å². The number of nitrogens with zero attached hydrogens (tertiary/aromatic N) is 1. The molecule has 1 aliphatic carbocycles. The van der Waals surface area contributed by atoms with Gasteiger partial charge in [0.2, 0.25) is 0 Å². The number of aromatic nitrogens is 1. The molecule has 0 spiro atoms. The van der Waals surface area contributed by atoms with Crippen LogP contribution >= 0.6 is 0 Å². The van der Waals surface area contributed by atoms with Crippen molar-refractivity contribution in [1.29, 1.82) is 0 Å². The molecule has 2 N–H and O–H groups in total. The minimum absolute atomic E-state index is 0.293. The summed E-state index contributed by atoms with van der Waals surface area (Å²) in [6.45, 7) is 0. The van der Waals surface area contributed by atoms with E-state index < -0.39 is 5.97 Å². The molecule has 2 aromatic rings. The van der Waals surface area contributed by atoms with Crippen LogP contribution in [0.15, 0.2) is 42.6 Å². The number of hydrogen-bond donors (Lipinski definition) is 2. The van der Waals surface area contributed by atoms with Crippen molar-refractivity contribution in [2.75, 3.05) is 17.7 Å². The second-order valence-electron chi connectivity index (χ2n) is 6.76. The highest BCUT2D eigenvalue weighted by Gasteiger charge is 2.16. The lowest BCUT2D eigenvalue weighted by Crippen LogP contribution is -2.19. The van der Waals surface area contributed by atoms with Crippen molar-refractivity contribution in [3.63, 3.8) is 0 Å². The summed E-state index contributed by atoms with van der Waals surface area (Å²) in [4.78, 5) is 28.6. The number of pyridine rings is 1. The lowest BCUT2D eigenvalue weighted by atomic mass is 10.1. The highest BCUT2D eigenvalue weighted by molar-refractivity contribution is 6.07. The summed E-state index contributed by atoms with van der Waals surface area (Å²) >= 11 is 0. The molecule has 1 aromatic heterocycles. The van der Waals surface area contributed by atoms with Gasteiger partial charge >= 0.3 is 5.97 Å². The molecule has 3 rings (SSSR count). The zero-order chi connectivity index (χ0) is 19.1. The fraction of sp³-hybridized carbons (Fsp3) is 0.381. The van der Waals surface area contributed by atoms with Crippen molar-refractivity contribution in [3.8, 4) is 0 Å². The summed E-state index contributed by atoms with van der Waals surface area (Å²) in [7, 11) is 1.31. The topological polar surface area (TPSA) is 80.3 Å². The molecule has 142 valence electrons. The van der Waals surface area contributed by atoms with Gasteiger partial charge in [0, 0.05) is 6.04 Å². The van der Waals surface area contributed by atoms with E-state index in [1.54, 1.807) is 36.5 Å². The van der Waals surface area contributed by atoms with Crippen LogP contribution < -0.4 is 10.6 Å². The van der Waals surface area contributed by atoms with Gasteiger partial charge in [-0.25, -0.2) is 9.78 Å². The van der Waals surface area contributed by atoms with Gasteiger partial charge in [0.1, 0.15) is 5.69 Å². The van der Waals surface area contributed by atoms with Crippen LogP contribution in [0.4, 0.5) is 11.4 Å². The van der Waals surface area contributed by atoms with Crippen molar-refractivity contribution >= 4 is 23.3 Å². The zero-order valence-corrected chi connectivity index (χ0v) is 15.5. The van der Waals surface area contributed by atoms with E-state index in [0.29, 0.717) is 23.0 Å². The largest absolute Gasteiger partial charge is 0.465 e. The number of ether oxygens (including phenoxy) is 1. The maximum atomic E-state index is 12.5. The number of carbonyl (C=O) groups excluding carboxylic acids is 2. The van der Waals surface area contributed by atoms with E-state index in [0.717, 1.165) is 5.69 Å². The Morgan fingerprint density at radius 3 is 2.44 bits per heavy atom. The third-order valence-electron chi connectivity index (χ3n) is 4.80. The number of esters is 1. The number of methoxy groups -OCH3 is 1. The monoisotopic (exact) mass is 367 g/mol. The number of benzene rings is 1. The molecule has 6 nitrogen and oxygen atoms in total. The highest BCUT2D eigenvalue weighted by atomic mass is 16.5. The Balaban J connectivity index is 1.65. The number of amides is 1. The summed E-state index contributed by atoms with van der Waals surface area (Å²) in [5.74, 6) is -0.867. The van der Waals surface area contributed by atoms with Gasteiger partial charge in [-0.1, -0.05) is 37.8 Å². The molecule has 0 bridgehead atoms. The van der Waals surface area contributed by atoms with Gasteiger partial charge in [-0.3, -0.25) is 4.79 Å². The summed E-state index contributed by atoms with van der Waals surface area (Å²) < 4.78 is 4.75. The Kier molecular flexibility index (Phi) is 6.41. The summed E-state index contributed by atoms with van der Waals surface area (Å²) in [6.07, 6.45) is 9.16. The van der Waals surface area contributed by atoms with E-state index >= 15 is 0 Å². The molecular weight excluding hydrogens is 342 g/mol. The second kappa shape index (κ2) is 9.16. The number of rotatable bonds is 5. The summed E-state index contributed by atoms with van der Waals surface area (Å²) in [5, 5.41) is 6.24.